The first-order chi connectivity index (χ1) is 4.63. The third kappa shape index (κ3) is 1.03. The zero-order valence-corrected chi connectivity index (χ0v) is 6.40. The Hall–Kier alpha value is -0.860. The normalized spacial score (nSPS) is 10.9. The Bertz CT molecular complexity index is 228. The largest absolute Gasteiger partial charge is 0.279 e. The molecule has 0 spiro atoms. The number of nitrogens with zero attached hydrogens (tertiary/aromatic N) is 1. The summed E-state index contributed by atoms with van der Waals surface area (Å²) in [5.41, 5.74) is 1.52. The summed E-state index contributed by atoms with van der Waals surface area (Å²) in [6.45, 7) is 5.73. The van der Waals surface area contributed by atoms with E-state index in [1.807, 2.05) is 13.8 Å². The summed E-state index contributed by atoms with van der Waals surface area (Å²) >= 11 is 0. The van der Waals surface area contributed by atoms with E-state index in [-0.39, 0.29) is 5.95 Å². The molecule has 0 aliphatic rings. The highest BCUT2D eigenvalue weighted by Crippen LogP contribution is 2.16. The van der Waals surface area contributed by atoms with Crippen LogP contribution in [0.1, 0.15) is 31.0 Å². The molecule has 1 aromatic heterocycles. The van der Waals surface area contributed by atoms with E-state index in [1.165, 1.54) is 0 Å². The van der Waals surface area contributed by atoms with Crippen molar-refractivity contribution < 1.29 is 4.39 Å². The summed E-state index contributed by atoms with van der Waals surface area (Å²) in [5.74, 6) is -0.0688. The lowest BCUT2D eigenvalue weighted by Crippen LogP contribution is -1.89. The standard InChI is InChI=1S/C7H11FN2/c1-4(2)6-5(3)7(8)10-9-6/h4H,1-3H3,(H,9,10). The number of hydrogen-bond acceptors (Lipinski definition) is 1. The van der Waals surface area contributed by atoms with Crippen molar-refractivity contribution in [1.82, 2.24) is 10.2 Å². The molecule has 1 N–H and O–H groups in total. The minimum atomic E-state index is -0.385. The van der Waals surface area contributed by atoms with Crippen LogP contribution >= 0.6 is 0 Å². The maximum Gasteiger partial charge on any atom is 0.235 e. The van der Waals surface area contributed by atoms with Crippen molar-refractivity contribution in [3.05, 3.63) is 17.2 Å². The summed E-state index contributed by atoms with van der Waals surface area (Å²) in [4.78, 5) is 0. The molecule has 1 aromatic rings. The maximum atomic E-state index is 12.6. The Kier molecular flexibility index (Phi) is 1.74. The molecule has 0 amide bonds. The van der Waals surface area contributed by atoms with Crippen LogP contribution in [0, 0.1) is 12.9 Å². The third-order valence-corrected chi connectivity index (χ3v) is 1.57. The van der Waals surface area contributed by atoms with Crippen LogP contribution in [0.5, 0.6) is 0 Å². The third-order valence-electron chi connectivity index (χ3n) is 1.57. The van der Waals surface area contributed by atoms with E-state index in [9.17, 15) is 4.39 Å². The fraction of sp³-hybridized carbons (Fsp3) is 0.571. The highest BCUT2D eigenvalue weighted by molar-refractivity contribution is 5.18. The van der Waals surface area contributed by atoms with Gasteiger partial charge < -0.3 is 0 Å². The van der Waals surface area contributed by atoms with Gasteiger partial charge in [-0.2, -0.15) is 4.39 Å². The monoisotopic (exact) mass is 142 g/mol. The van der Waals surface area contributed by atoms with E-state index in [0.717, 1.165) is 5.69 Å². The number of aromatic nitrogens is 2. The van der Waals surface area contributed by atoms with Gasteiger partial charge >= 0.3 is 0 Å². The molecule has 0 fully saturated rings. The molecule has 0 bridgehead atoms. The fourth-order valence-corrected chi connectivity index (χ4v) is 0.950. The Labute approximate surface area is 59.5 Å². The first kappa shape index (κ1) is 7.25. The number of rotatable bonds is 1. The molecule has 1 heterocycles. The lowest BCUT2D eigenvalue weighted by molar-refractivity contribution is 0.572. The lowest BCUT2D eigenvalue weighted by atomic mass is 10.1. The van der Waals surface area contributed by atoms with E-state index in [1.54, 1.807) is 6.92 Å². The number of aromatic amines is 1. The van der Waals surface area contributed by atoms with Gasteiger partial charge in [0.2, 0.25) is 5.95 Å². The Morgan fingerprint density at radius 1 is 1.50 bits per heavy atom. The molecule has 0 unspecified atom stereocenters. The lowest BCUT2D eigenvalue weighted by Gasteiger charge is -1.99. The zero-order chi connectivity index (χ0) is 7.72. The van der Waals surface area contributed by atoms with Gasteiger partial charge in [-0.15, -0.1) is 5.10 Å². The van der Waals surface area contributed by atoms with E-state index < -0.39 is 0 Å². The van der Waals surface area contributed by atoms with Crippen molar-refractivity contribution in [2.75, 3.05) is 0 Å². The van der Waals surface area contributed by atoms with Gasteiger partial charge in [0.25, 0.3) is 0 Å². The average molecular weight is 142 g/mol. The van der Waals surface area contributed by atoms with Crippen LogP contribution in [-0.2, 0) is 0 Å². The van der Waals surface area contributed by atoms with E-state index in [4.69, 9.17) is 0 Å². The second-order valence-electron chi connectivity index (χ2n) is 2.71. The first-order valence-electron chi connectivity index (χ1n) is 3.33. The predicted octanol–water partition coefficient (Wildman–Crippen LogP) is 1.98. The maximum absolute atomic E-state index is 12.6. The summed E-state index contributed by atoms with van der Waals surface area (Å²) in [6.07, 6.45) is 0. The van der Waals surface area contributed by atoms with Crippen molar-refractivity contribution >= 4 is 0 Å². The average Bonchev–Trinajstić information content (AvgIpc) is 2.14. The first-order valence-corrected chi connectivity index (χ1v) is 3.33. The summed E-state index contributed by atoms with van der Waals surface area (Å²) < 4.78 is 12.6. The Morgan fingerprint density at radius 3 is 2.30 bits per heavy atom. The number of hydrogen-bond donors (Lipinski definition) is 1. The molecular weight excluding hydrogens is 131 g/mol. The quantitative estimate of drug-likeness (QED) is 0.638. The number of halogens is 1. The van der Waals surface area contributed by atoms with Gasteiger partial charge in [0.15, 0.2) is 0 Å². The minimum absolute atomic E-state index is 0.317. The van der Waals surface area contributed by atoms with Gasteiger partial charge in [-0.1, -0.05) is 13.8 Å². The van der Waals surface area contributed by atoms with Crippen LogP contribution in [0.2, 0.25) is 0 Å². The second kappa shape index (κ2) is 2.40. The molecule has 0 radical (unpaired) electrons. The van der Waals surface area contributed by atoms with Crippen LogP contribution in [0.3, 0.4) is 0 Å². The van der Waals surface area contributed by atoms with Gasteiger partial charge in [-0.3, -0.25) is 5.10 Å². The van der Waals surface area contributed by atoms with E-state index in [2.05, 4.69) is 10.2 Å². The predicted molar refractivity (Wildman–Crippen MR) is 37.4 cm³/mol. The number of H-pyrrole nitrogens is 1. The van der Waals surface area contributed by atoms with Crippen LogP contribution in [-0.4, -0.2) is 10.2 Å². The fourth-order valence-electron chi connectivity index (χ4n) is 0.950. The molecule has 0 saturated heterocycles. The molecule has 3 heteroatoms. The van der Waals surface area contributed by atoms with Crippen LogP contribution in [0.15, 0.2) is 0 Å². The smallest absolute Gasteiger partial charge is 0.235 e. The second-order valence-corrected chi connectivity index (χ2v) is 2.71. The molecule has 0 aliphatic carbocycles. The van der Waals surface area contributed by atoms with Gasteiger partial charge in [-0.05, 0) is 12.8 Å². The highest BCUT2D eigenvalue weighted by Gasteiger charge is 2.09. The highest BCUT2D eigenvalue weighted by atomic mass is 19.1. The minimum Gasteiger partial charge on any atom is -0.279 e. The molecule has 0 aliphatic heterocycles. The van der Waals surface area contributed by atoms with Crippen molar-refractivity contribution in [1.29, 1.82) is 0 Å². The van der Waals surface area contributed by atoms with Crippen molar-refractivity contribution in [3.63, 3.8) is 0 Å². The summed E-state index contributed by atoms with van der Waals surface area (Å²) in [5, 5.41) is 6.09. The summed E-state index contributed by atoms with van der Waals surface area (Å²) in [7, 11) is 0. The molecule has 0 atom stereocenters. The van der Waals surface area contributed by atoms with Gasteiger partial charge in [-0.25, -0.2) is 0 Å². The van der Waals surface area contributed by atoms with Crippen molar-refractivity contribution in [2.45, 2.75) is 26.7 Å². The molecule has 2 nitrogen and oxygen atoms in total. The molecule has 1 rings (SSSR count). The number of nitrogens with one attached hydrogen (secondary N) is 1. The zero-order valence-electron chi connectivity index (χ0n) is 6.40. The summed E-state index contributed by atoms with van der Waals surface area (Å²) in [6, 6.07) is 0. The molecule has 0 aromatic carbocycles. The van der Waals surface area contributed by atoms with Crippen LogP contribution in [0.4, 0.5) is 4.39 Å². The van der Waals surface area contributed by atoms with Crippen LogP contribution < -0.4 is 0 Å². The van der Waals surface area contributed by atoms with Crippen LogP contribution in [0.25, 0.3) is 0 Å². The SMILES string of the molecule is Cc1c(F)n[nH]c1C(C)C. The topological polar surface area (TPSA) is 28.7 Å². The van der Waals surface area contributed by atoms with Gasteiger partial charge in [0.05, 0.1) is 0 Å². The van der Waals surface area contributed by atoms with Crippen molar-refractivity contribution in [2.24, 2.45) is 0 Å². The molecule has 56 valence electrons. The van der Waals surface area contributed by atoms with E-state index in [0.29, 0.717) is 11.5 Å². The van der Waals surface area contributed by atoms with Gasteiger partial charge in [0.1, 0.15) is 0 Å². The Morgan fingerprint density at radius 2 is 2.10 bits per heavy atom. The van der Waals surface area contributed by atoms with Gasteiger partial charge in [0, 0.05) is 11.3 Å². The van der Waals surface area contributed by atoms with E-state index >= 15 is 0 Å². The molecule has 10 heavy (non-hydrogen) atoms. The van der Waals surface area contributed by atoms with Crippen molar-refractivity contribution in [3.8, 4) is 0 Å². The Balaban J connectivity index is 3.05. The molecular formula is C7H11FN2. The molecule has 0 saturated carbocycles.